The highest BCUT2D eigenvalue weighted by molar-refractivity contribution is 8.00. The highest BCUT2D eigenvalue weighted by Crippen LogP contribution is 2.51. The van der Waals surface area contributed by atoms with E-state index in [0.717, 1.165) is 0 Å². The molecule has 113 heavy (non-hydrogen) atoms. The zero-order chi connectivity index (χ0) is 82.2. The first-order valence-electron chi connectivity index (χ1n) is 32.5. The van der Waals surface area contributed by atoms with E-state index in [2.05, 4.69) is 19.9 Å². The average molecular weight is 1700 g/mol. The number of fused-ring (bicyclic) bond motifs is 8. The number of carbonyl (C=O) groups is 1. The molecule has 4 fully saturated rings. The van der Waals surface area contributed by atoms with Gasteiger partial charge >= 0.3 is 5.97 Å². The van der Waals surface area contributed by atoms with Crippen molar-refractivity contribution in [2.45, 2.75) is 139 Å². The number of ether oxygens (including phenoxy) is 5. The van der Waals surface area contributed by atoms with Crippen molar-refractivity contribution < 1.29 is 180 Å². The first kappa shape index (κ1) is 83.6. The summed E-state index contributed by atoms with van der Waals surface area (Å²) in [7, 11) is 0. The van der Waals surface area contributed by atoms with Crippen LogP contribution < -0.4 is 4.74 Å². The Balaban J connectivity index is 1.14. The number of halogens is 16. The Bertz CT molecular complexity index is 5100. The van der Waals surface area contributed by atoms with Gasteiger partial charge in [-0.05, 0) is 36.4 Å². The molecule has 6 aliphatic rings. The van der Waals surface area contributed by atoms with Crippen LogP contribution in [-0.4, -0.2) is 253 Å². The molecule has 3 aromatic heterocycles. The molecule has 6 aliphatic heterocycles. The molecule has 0 unspecified atom stereocenters. The normalized spacial score (nSPS) is 28.7. The summed E-state index contributed by atoms with van der Waals surface area (Å²) in [5, 5.41) is 166. The lowest BCUT2D eigenvalue weighted by molar-refractivity contribution is -0.205. The maximum atomic E-state index is 17.6. The molecule has 0 amide bonds. The quantitative estimate of drug-likeness (QED) is 0.0367. The van der Waals surface area contributed by atoms with Crippen molar-refractivity contribution in [3.8, 4) is 50.4 Å². The highest BCUT2D eigenvalue weighted by atomic mass is 32.2. The topological polar surface area (TPSA) is 444 Å². The van der Waals surface area contributed by atoms with Crippen LogP contribution >= 0.6 is 47.0 Å². The Hall–Kier alpha value is -7.31. The van der Waals surface area contributed by atoms with E-state index in [1.54, 1.807) is 0 Å². The second-order valence-electron chi connectivity index (χ2n) is 25.5. The number of aliphatic hydroxyl groups excluding tert-OH is 16. The van der Waals surface area contributed by atoms with Gasteiger partial charge in [0.05, 0.1) is 90.7 Å². The van der Waals surface area contributed by atoms with Gasteiger partial charge in [0.15, 0.2) is 98.8 Å². The molecule has 8 bridgehead atoms. The zero-order valence-electron chi connectivity index (χ0n) is 55.5. The molecule has 4 aromatic carbocycles. The predicted octanol–water partition coefficient (Wildman–Crippen LogP) is 4.17. The molecule has 0 aliphatic carbocycles. The summed E-state index contributed by atoms with van der Waals surface area (Å²) in [6.45, 7) is -4.67. The third-order valence-corrected chi connectivity index (χ3v) is 23.7. The Labute approximate surface area is 635 Å². The molecule has 0 radical (unpaired) electrons. The SMILES string of the molecule is O=C1Oc2nc1c(-c1c(F)c(F)c(S[C@@H]3O[C@H](CO)[C@@H](O)[C@H](O)[C@H]3O)c(F)c1F)c1ccc([nH]1)c(-c1c(F)c(F)c(S[C@@H]3O[C@H](CO)[C@@H](O)[C@H](O)[C@H]3O)c(F)c1F)c1nc(c(-c3c(F)c(F)c(S[C@@H]4O[C@H](CO)[C@@H](O)[C@H](O)[C@H]4O)c(F)c3F)c3ccc([nH]3)c2-c2c(F)c(F)c(S[C@@H]3O[C@H](CO)[C@@H](O)[C@H](O)[C@H]3O)c(F)c2F)C=C1. The Morgan fingerprint density at radius 2 is 0.531 bits per heavy atom. The lowest BCUT2D eigenvalue weighted by Gasteiger charge is -2.39. The number of rotatable bonds is 16. The van der Waals surface area contributed by atoms with E-state index in [0.29, 0.717) is 36.4 Å². The number of carbonyl (C=O) groups excluding carboxylic acids is 1. The van der Waals surface area contributed by atoms with Crippen molar-refractivity contribution in [3.63, 3.8) is 0 Å². The van der Waals surface area contributed by atoms with Crippen molar-refractivity contribution in [2.24, 2.45) is 0 Å². The van der Waals surface area contributed by atoms with E-state index in [1.165, 1.54) is 0 Å². The third-order valence-electron chi connectivity index (χ3n) is 18.9. The number of esters is 1. The second-order valence-corrected chi connectivity index (χ2v) is 30.0. The average Bonchev–Trinajstić information content (AvgIpc) is 1.71. The number of benzene rings is 4. The van der Waals surface area contributed by atoms with Crippen LogP contribution in [0.3, 0.4) is 0 Å². The van der Waals surface area contributed by atoms with E-state index < -0.39 is 401 Å². The fourth-order valence-corrected chi connectivity index (χ4v) is 17.5. The minimum Gasteiger partial charge on any atom is -0.402 e. The molecule has 46 heteroatoms. The monoisotopic (exact) mass is 1700 g/mol. The smallest absolute Gasteiger partial charge is 0.364 e. The van der Waals surface area contributed by atoms with Crippen LogP contribution in [0.1, 0.15) is 21.9 Å². The van der Waals surface area contributed by atoms with Crippen molar-refractivity contribution in [1.82, 2.24) is 19.9 Å². The van der Waals surface area contributed by atoms with Crippen LogP contribution in [0.2, 0.25) is 0 Å². The van der Waals surface area contributed by atoms with Crippen LogP contribution in [0.4, 0.5) is 70.2 Å². The van der Waals surface area contributed by atoms with Crippen LogP contribution in [0.25, 0.3) is 78.7 Å². The van der Waals surface area contributed by atoms with Gasteiger partial charge in [-0.25, -0.2) is 85.0 Å². The fraction of sp³-hybridized carbons (Fsp3) is 0.358. The number of aromatic amines is 2. The summed E-state index contributed by atoms with van der Waals surface area (Å²) in [4.78, 5) is 20.1. The molecular weight excluding hydrogens is 1640 g/mol. The number of aromatic nitrogens is 4. The van der Waals surface area contributed by atoms with Crippen LogP contribution in [0, 0.1) is 93.1 Å². The van der Waals surface area contributed by atoms with Crippen LogP contribution in [0.5, 0.6) is 5.88 Å². The lowest BCUT2D eigenvalue weighted by Crippen LogP contribution is -2.57. The minimum absolute atomic E-state index is 0.406. The Kier molecular flexibility index (Phi) is 23.9. The van der Waals surface area contributed by atoms with Gasteiger partial charge in [-0.2, -0.15) is 0 Å². The number of aliphatic hydroxyl groups is 16. The second kappa shape index (κ2) is 32.3. The van der Waals surface area contributed by atoms with E-state index >= 15 is 70.2 Å². The molecule has 7 aromatic rings. The van der Waals surface area contributed by atoms with Crippen molar-refractivity contribution in [3.05, 3.63) is 134 Å². The van der Waals surface area contributed by atoms with Crippen LogP contribution in [0.15, 0.2) is 43.8 Å². The Morgan fingerprint density at radius 3 is 0.788 bits per heavy atom. The molecule has 4 saturated heterocycles. The third kappa shape index (κ3) is 14.1. The van der Waals surface area contributed by atoms with Gasteiger partial charge in [-0.1, -0.05) is 47.0 Å². The molecule has 0 saturated carbocycles. The van der Waals surface area contributed by atoms with Gasteiger partial charge in [-0.15, -0.1) is 0 Å². The largest absolute Gasteiger partial charge is 0.402 e. The summed E-state index contributed by atoms with van der Waals surface area (Å²) in [5.41, 5.74) is -32.6. The molecule has 13 rings (SSSR count). The maximum absolute atomic E-state index is 17.6. The first-order chi connectivity index (χ1) is 53.4. The van der Waals surface area contributed by atoms with E-state index in [4.69, 9.17) is 23.7 Å². The first-order valence-corrected chi connectivity index (χ1v) is 36.0. The van der Waals surface area contributed by atoms with Crippen molar-refractivity contribution in [2.75, 3.05) is 26.4 Å². The molecule has 0 spiro atoms. The number of hydrogen-bond donors (Lipinski definition) is 18. The molecule has 20 atom stereocenters. The summed E-state index contributed by atoms with van der Waals surface area (Å²) < 4.78 is 303. The number of nitrogens with one attached hydrogen (secondary N) is 2. The lowest BCUT2D eigenvalue weighted by atomic mass is 10.0. The summed E-state index contributed by atoms with van der Waals surface area (Å²) in [6.07, 6.45) is -33.6. The minimum atomic E-state index is -2.66. The molecular formula is C67H52F16N4O22S4. The summed E-state index contributed by atoms with van der Waals surface area (Å²) in [5.74, 6) is -44.9. The van der Waals surface area contributed by atoms with E-state index in [9.17, 15) is 86.5 Å². The number of thioether (sulfide) groups is 4. The molecule has 9 heterocycles. The van der Waals surface area contributed by atoms with Crippen molar-refractivity contribution in [1.29, 1.82) is 0 Å². The van der Waals surface area contributed by atoms with Gasteiger partial charge in [0.25, 0.3) is 0 Å². The van der Waals surface area contributed by atoms with Gasteiger partial charge < -0.3 is 115 Å². The van der Waals surface area contributed by atoms with Crippen molar-refractivity contribution >= 4 is 87.2 Å². The van der Waals surface area contributed by atoms with E-state index in [-0.39, 0.29) is 0 Å². The number of hydrogen-bond acceptors (Lipinski definition) is 28. The highest BCUT2D eigenvalue weighted by Gasteiger charge is 2.51. The van der Waals surface area contributed by atoms with Gasteiger partial charge in [-0.3, -0.25) is 0 Å². The summed E-state index contributed by atoms with van der Waals surface area (Å²) >= 11 is -1.70. The molecule has 26 nitrogen and oxygen atoms in total. The van der Waals surface area contributed by atoms with Crippen LogP contribution in [-0.2, 0) is 18.9 Å². The number of nitrogens with zero attached hydrogens (tertiary/aromatic N) is 2. The Morgan fingerprint density at radius 1 is 0.301 bits per heavy atom. The van der Waals surface area contributed by atoms with Gasteiger partial charge in [0.1, 0.15) is 119 Å². The standard InChI is InChI=1S/C67H52F16N4O22S4/c68-29-25(30(69)38(77)58(37(29)76)110-64-54(100)50(96)46(92)17(7-88)105-64)21-11-1-2-12(84-11)22(26-31(70)39(78)59(40(79)32(26)71)111-65-55(101)51(97)47(93)18(8-89)106-65)14-4-6-16(86-14)24(28-35(74)43(82)61(44(83)36(28)75)113-67-57(103)53(99)49(95)20(10-91)108-67)62-87-45(63(104)109-62)23(15-5-3-13(21)85-15)27-33(72)41(80)60(42(81)34(27)73)112-66-56(102)52(98)48(94)19(9-90)107-66/h1-6,17-20,46-57,64-67,85-86,88-103H,7-10H2/t17-,18-,19-,20-,46-,47-,48-,49-,50+,51+,52+,53+,54-,55-,56-,57-,64+,65+,66+,67+/m1/s1. The summed E-state index contributed by atoms with van der Waals surface area (Å²) in [6, 6.07) is 1.92. The number of H-pyrrole nitrogens is 2. The van der Waals surface area contributed by atoms with E-state index in [1.807, 2.05) is 0 Å². The maximum Gasteiger partial charge on any atom is 0.364 e. The molecule has 608 valence electrons. The fourth-order valence-electron chi connectivity index (χ4n) is 13.0. The molecule has 18 N–H and O–H groups in total. The predicted molar refractivity (Wildman–Crippen MR) is 354 cm³/mol. The van der Waals surface area contributed by atoms with Gasteiger partial charge in [0, 0.05) is 33.2 Å². The van der Waals surface area contributed by atoms with Gasteiger partial charge in [0.2, 0.25) is 5.88 Å². The zero-order valence-corrected chi connectivity index (χ0v) is 58.8.